The van der Waals surface area contributed by atoms with E-state index in [4.69, 9.17) is 0 Å². The predicted octanol–water partition coefficient (Wildman–Crippen LogP) is 9.50. The molecule has 1 fully saturated rings. The number of rotatable bonds is 7. The molecule has 3 aliphatic carbocycles. The molecule has 0 saturated heterocycles. The number of unbranched alkanes of at least 4 members (excludes halogenated alkanes) is 1. The molecule has 0 radical (unpaired) electrons. The second-order valence-electron chi connectivity index (χ2n) is 14.2. The zero-order chi connectivity index (χ0) is 20.1. The van der Waals surface area contributed by atoms with Gasteiger partial charge in [0, 0.05) is 0 Å². The van der Waals surface area contributed by atoms with Crippen molar-refractivity contribution in [2.24, 2.45) is 11.3 Å². The Morgan fingerprint density at radius 3 is 2.30 bits per heavy atom. The molecule has 0 aromatic heterocycles. The third-order valence-electron chi connectivity index (χ3n) is 10.1. The molecule has 0 spiro atoms. The van der Waals surface area contributed by atoms with Crippen LogP contribution in [0, 0.1) is 11.3 Å². The number of hydrogen-bond donors (Lipinski definition) is 0. The first-order valence-electron chi connectivity index (χ1n) is 11.9. The van der Waals surface area contributed by atoms with Crippen LogP contribution in [0.3, 0.4) is 0 Å². The van der Waals surface area contributed by atoms with Gasteiger partial charge in [-0.3, -0.25) is 0 Å². The molecule has 2 unspecified atom stereocenters. The van der Waals surface area contributed by atoms with Gasteiger partial charge in [-0.05, 0) is 0 Å². The Kier molecular flexibility index (Phi) is 4.56. The minimum atomic E-state index is -4.19. The second-order valence-corrected chi connectivity index (χ2v) is 53.6. The van der Waals surface area contributed by atoms with Crippen molar-refractivity contribution in [2.45, 2.75) is 92.0 Å². The van der Waals surface area contributed by atoms with Crippen LogP contribution < -0.4 is 0 Å². The van der Waals surface area contributed by atoms with Crippen LogP contribution in [0.15, 0.2) is 45.3 Å². The van der Waals surface area contributed by atoms with Crippen molar-refractivity contribution in [3.8, 4) is 0 Å². The Balaban J connectivity index is 2.22. The number of hydrogen-bond acceptors (Lipinski definition) is 0. The Morgan fingerprint density at radius 2 is 1.74 bits per heavy atom. The Hall–Kier alpha value is -0.157. The summed E-state index contributed by atoms with van der Waals surface area (Å²) in [5.41, 5.74) is 2.14. The average Bonchev–Trinajstić information content (AvgIpc) is 3.30. The van der Waals surface area contributed by atoms with E-state index in [0.29, 0.717) is 11.3 Å². The molecule has 3 rings (SSSR count). The van der Waals surface area contributed by atoms with E-state index in [1.165, 1.54) is 49.1 Å². The molecule has 27 heavy (non-hydrogen) atoms. The summed E-state index contributed by atoms with van der Waals surface area (Å²) in [7, 11) is 0. The summed E-state index contributed by atoms with van der Waals surface area (Å²) < 4.78 is 15.4. The molecule has 0 aliphatic heterocycles. The molecule has 3 aliphatic rings. The SMILES string of the molecule is CCC[CH2][Zr]([CH3])([CH3])([CH3])([CH3])([C]1=CC=CC1)[CH]1CCC2C=CC(CC)(CC)C=C21. The Morgan fingerprint density at radius 1 is 1.04 bits per heavy atom. The van der Waals surface area contributed by atoms with Crippen LogP contribution in [-0.4, -0.2) is 0 Å². The van der Waals surface area contributed by atoms with E-state index in [1.54, 1.807) is 0 Å². The molecule has 0 nitrogen and oxygen atoms in total. The van der Waals surface area contributed by atoms with Crippen LogP contribution in [0.5, 0.6) is 0 Å². The van der Waals surface area contributed by atoms with Crippen molar-refractivity contribution in [3.05, 3.63) is 45.3 Å². The first kappa shape index (κ1) is 21.5. The first-order chi connectivity index (χ1) is 12.4. The predicted molar refractivity (Wildman–Crippen MR) is 122 cm³/mol. The second kappa shape index (κ2) is 5.71. The maximum atomic E-state index is 2.83. The van der Waals surface area contributed by atoms with E-state index in [-0.39, 0.29) is 0 Å². The van der Waals surface area contributed by atoms with E-state index in [2.05, 4.69) is 75.8 Å². The molecule has 0 aromatic carbocycles. The molecule has 153 valence electrons. The van der Waals surface area contributed by atoms with Gasteiger partial charge in [0.15, 0.2) is 0 Å². The van der Waals surface area contributed by atoms with Gasteiger partial charge in [-0.2, -0.15) is 0 Å². The van der Waals surface area contributed by atoms with Crippen molar-refractivity contribution in [3.63, 3.8) is 0 Å². The standard InChI is InChI=1S/C13H19.C5H5.C4H9.4CH3.Zr/c1-3-13(4-2)9-8-11-6-5-7-12(11)10-13;1-2-4-5-3-1;1-3-4-2;;;;;/h7-11H,3-6H2,1-2H3;1-3H,4H2;1,3-4H2,2H3;4*1H3;. The summed E-state index contributed by atoms with van der Waals surface area (Å²) in [5, 5.41) is 0. The van der Waals surface area contributed by atoms with Crippen LogP contribution in [-0.2, 0) is 15.8 Å². The third-order valence-corrected chi connectivity index (χ3v) is 36.9. The molecule has 0 bridgehead atoms. The van der Waals surface area contributed by atoms with Crippen LogP contribution in [0.25, 0.3) is 0 Å². The van der Waals surface area contributed by atoms with Crippen LogP contribution in [0.4, 0.5) is 0 Å². The molecular weight excluding hydrogens is 404 g/mol. The van der Waals surface area contributed by atoms with E-state index >= 15 is 0 Å². The van der Waals surface area contributed by atoms with Gasteiger partial charge in [-0.25, -0.2) is 0 Å². The van der Waals surface area contributed by atoms with Crippen molar-refractivity contribution in [2.75, 3.05) is 0 Å². The van der Waals surface area contributed by atoms with E-state index in [9.17, 15) is 0 Å². The third kappa shape index (κ3) is 3.10. The van der Waals surface area contributed by atoms with Gasteiger partial charge >= 0.3 is 164 Å². The Labute approximate surface area is 163 Å². The first-order valence-corrected chi connectivity index (χ1v) is 26.1. The summed E-state index contributed by atoms with van der Waals surface area (Å²) in [6.07, 6.45) is 24.3. The molecule has 1 saturated carbocycles. The van der Waals surface area contributed by atoms with E-state index in [0.717, 1.165) is 3.63 Å². The van der Waals surface area contributed by atoms with Crippen LogP contribution >= 0.6 is 0 Å². The fourth-order valence-electron chi connectivity index (χ4n) is 7.41. The van der Waals surface area contributed by atoms with Crippen LogP contribution in [0.1, 0.15) is 65.7 Å². The average molecular weight is 449 g/mol. The van der Waals surface area contributed by atoms with Crippen molar-refractivity contribution in [1.82, 2.24) is 0 Å². The summed E-state index contributed by atoms with van der Waals surface area (Å²) in [4.78, 5) is 0. The monoisotopic (exact) mass is 447 g/mol. The quantitative estimate of drug-likeness (QED) is 0.340. The molecule has 1 heteroatoms. The molecule has 0 heterocycles. The van der Waals surface area contributed by atoms with Crippen molar-refractivity contribution in [1.29, 1.82) is 0 Å². The fourth-order valence-corrected chi connectivity index (χ4v) is 29.9. The van der Waals surface area contributed by atoms with Gasteiger partial charge in [0.1, 0.15) is 0 Å². The van der Waals surface area contributed by atoms with Gasteiger partial charge in [0.25, 0.3) is 0 Å². The Bertz CT molecular complexity index is 754. The minimum absolute atomic E-state index is 0.300. The topological polar surface area (TPSA) is 0 Å². The summed E-state index contributed by atoms with van der Waals surface area (Å²) in [6, 6.07) is 0. The van der Waals surface area contributed by atoms with Gasteiger partial charge in [-0.15, -0.1) is 0 Å². The van der Waals surface area contributed by atoms with E-state index in [1.807, 2.05) is 8.85 Å². The van der Waals surface area contributed by atoms with Gasteiger partial charge in [0.2, 0.25) is 0 Å². The summed E-state index contributed by atoms with van der Waals surface area (Å²) in [5.74, 6) is 0.703. The molecular formula is C26H45Zr. The zero-order valence-electron chi connectivity index (χ0n) is 19.3. The molecule has 0 N–H and O–H groups in total. The molecule has 0 aromatic rings. The van der Waals surface area contributed by atoms with Crippen molar-refractivity contribution < 1.29 is 15.8 Å². The van der Waals surface area contributed by atoms with Crippen LogP contribution in [0.2, 0.25) is 26.3 Å². The molecule has 2 atom stereocenters. The summed E-state index contributed by atoms with van der Waals surface area (Å²) >= 11 is -4.19. The van der Waals surface area contributed by atoms with Gasteiger partial charge in [-0.1, -0.05) is 0 Å². The maximum absolute atomic E-state index is 4.19. The molecule has 0 amide bonds. The van der Waals surface area contributed by atoms with Gasteiger partial charge < -0.3 is 0 Å². The van der Waals surface area contributed by atoms with Crippen molar-refractivity contribution >= 4 is 0 Å². The fraction of sp³-hybridized carbons (Fsp3) is 0.692. The normalized spacial score (nSPS) is 30.7. The zero-order valence-corrected chi connectivity index (χ0v) is 21.7. The van der Waals surface area contributed by atoms with Gasteiger partial charge in [0.05, 0.1) is 0 Å². The number of allylic oxidation sites excluding steroid dienone is 8. The van der Waals surface area contributed by atoms with E-state index < -0.39 is 15.8 Å². The number of fused-ring (bicyclic) bond motifs is 1. The summed E-state index contributed by atoms with van der Waals surface area (Å²) in [6.45, 7) is 7.13.